The smallest absolute Gasteiger partial charge is 0.410 e. The molecule has 2 aliphatic heterocycles. The number of carbonyl (C=O) groups is 1. The minimum atomic E-state index is -0.915. The van der Waals surface area contributed by atoms with E-state index in [2.05, 4.69) is 20.2 Å². The van der Waals surface area contributed by atoms with Crippen LogP contribution in [0.1, 0.15) is 27.2 Å². The zero-order valence-corrected chi connectivity index (χ0v) is 19.7. The van der Waals surface area contributed by atoms with Crippen molar-refractivity contribution in [2.75, 3.05) is 29.9 Å². The Labute approximate surface area is 199 Å². The Morgan fingerprint density at radius 1 is 1.18 bits per heavy atom. The first-order chi connectivity index (χ1) is 16.1. The lowest BCUT2D eigenvalue weighted by Gasteiger charge is -2.62. The molecule has 0 radical (unpaired) electrons. The van der Waals surface area contributed by atoms with E-state index in [9.17, 15) is 13.6 Å². The Balaban J connectivity index is 1.37. The monoisotopic (exact) mass is 488 g/mol. The van der Waals surface area contributed by atoms with Crippen molar-refractivity contribution in [2.24, 2.45) is 0 Å². The van der Waals surface area contributed by atoms with Gasteiger partial charge >= 0.3 is 6.09 Å². The number of rotatable bonds is 3. The molecule has 34 heavy (non-hydrogen) atoms. The van der Waals surface area contributed by atoms with Crippen LogP contribution in [0.5, 0.6) is 0 Å². The van der Waals surface area contributed by atoms with E-state index in [0.29, 0.717) is 36.5 Å². The molecular formula is C23H23ClF2N6O2. The first-order valence-electron chi connectivity index (χ1n) is 10.8. The Kier molecular flexibility index (Phi) is 5.23. The lowest BCUT2D eigenvalue weighted by molar-refractivity contribution is -0.0562. The fourth-order valence-electron chi connectivity index (χ4n) is 4.24. The summed E-state index contributed by atoms with van der Waals surface area (Å²) in [5.41, 5.74) is 0.169. The van der Waals surface area contributed by atoms with Gasteiger partial charge < -0.3 is 15.0 Å². The van der Waals surface area contributed by atoms with Gasteiger partial charge in [0.15, 0.2) is 11.6 Å². The molecule has 2 saturated heterocycles. The third-order valence-electron chi connectivity index (χ3n) is 6.04. The number of carbonyl (C=O) groups excluding carboxylic acids is 1. The molecule has 5 rings (SSSR count). The van der Waals surface area contributed by atoms with E-state index < -0.39 is 22.3 Å². The summed E-state index contributed by atoms with van der Waals surface area (Å²) in [6, 6.07) is 5.97. The van der Waals surface area contributed by atoms with Crippen molar-refractivity contribution in [3.05, 3.63) is 47.2 Å². The predicted octanol–water partition coefficient (Wildman–Crippen LogP) is 4.90. The summed E-state index contributed by atoms with van der Waals surface area (Å²) < 4.78 is 33.5. The van der Waals surface area contributed by atoms with Gasteiger partial charge in [-0.25, -0.2) is 28.5 Å². The molecule has 0 bridgehead atoms. The maximum atomic E-state index is 14.4. The van der Waals surface area contributed by atoms with Gasteiger partial charge in [0.25, 0.3) is 0 Å². The summed E-state index contributed by atoms with van der Waals surface area (Å²) in [7, 11) is 0. The van der Waals surface area contributed by atoms with Crippen LogP contribution in [0.4, 0.5) is 30.9 Å². The molecule has 1 aromatic carbocycles. The molecule has 0 atom stereocenters. The summed E-state index contributed by atoms with van der Waals surface area (Å²) in [6.07, 6.45) is 1.93. The van der Waals surface area contributed by atoms with Crippen molar-refractivity contribution >= 4 is 46.1 Å². The molecule has 178 valence electrons. The number of likely N-dealkylation sites (tertiary alicyclic amines) is 1. The second kappa shape index (κ2) is 7.90. The topological polar surface area (TPSA) is 83.5 Å². The lowest BCUT2D eigenvalue weighted by atomic mass is 9.78. The van der Waals surface area contributed by atoms with E-state index in [4.69, 9.17) is 21.3 Å². The van der Waals surface area contributed by atoms with Gasteiger partial charge in [0, 0.05) is 19.6 Å². The van der Waals surface area contributed by atoms with Crippen LogP contribution in [0.15, 0.2) is 30.6 Å². The summed E-state index contributed by atoms with van der Waals surface area (Å²) in [5.74, 6) is -0.811. The van der Waals surface area contributed by atoms with E-state index in [1.807, 2.05) is 26.8 Å². The van der Waals surface area contributed by atoms with Crippen molar-refractivity contribution in [1.29, 1.82) is 0 Å². The van der Waals surface area contributed by atoms with Crippen LogP contribution in [0.3, 0.4) is 0 Å². The molecule has 0 unspecified atom stereocenters. The van der Waals surface area contributed by atoms with Crippen LogP contribution >= 0.6 is 11.6 Å². The van der Waals surface area contributed by atoms with Gasteiger partial charge in [-0.3, -0.25) is 4.90 Å². The normalized spacial score (nSPS) is 16.9. The first kappa shape index (κ1) is 22.5. The zero-order valence-electron chi connectivity index (χ0n) is 18.9. The van der Waals surface area contributed by atoms with Crippen LogP contribution in [0, 0.1) is 11.6 Å². The molecule has 4 heterocycles. The van der Waals surface area contributed by atoms with Crippen molar-refractivity contribution in [1.82, 2.24) is 19.9 Å². The number of hydrogen-bond donors (Lipinski definition) is 1. The van der Waals surface area contributed by atoms with E-state index in [1.54, 1.807) is 11.0 Å². The number of halogens is 3. The number of amides is 1. The number of ether oxygens (including phenoxy) is 1. The number of anilines is 3. The third-order valence-corrected chi connectivity index (χ3v) is 6.38. The Morgan fingerprint density at radius 2 is 1.94 bits per heavy atom. The fourth-order valence-corrected chi connectivity index (χ4v) is 4.41. The fraction of sp³-hybridized carbons (Fsp3) is 0.391. The molecule has 2 aromatic heterocycles. The molecule has 1 N–H and O–H groups in total. The van der Waals surface area contributed by atoms with Crippen molar-refractivity contribution < 1.29 is 18.3 Å². The average Bonchev–Trinajstić information content (AvgIpc) is 2.71. The van der Waals surface area contributed by atoms with E-state index in [-0.39, 0.29) is 23.1 Å². The lowest BCUT2D eigenvalue weighted by Crippen LogP contribution is -2.78. The molecule has 2 aliphatic rings. The summed E-state index contributed by atoms with van der Waals surface area (Å²) in [4.78, 5) is 29.5. The summed E-state index contributed by atoms with van der Waals surface area (Å²) in [5, 5.41) is 2.24. The number of hydrogen-bond acceptors (Lipinski definition) is 7. The average molecular weight is 489 g/mol. The van der Waals surface area contributed by atoms with Crippen LogP contribution in [-0.4, -0.2) is 56.7 Å². The minimum absolute atomic E-state index is 0.0241. The van der Waals surface area contributed by atoms with E-state index in [1.165, 1.54) is 12.4 Å². The highest BCUT2D eigenvalue weighted by atomic mass is 35.5. The van der Waals surface area contributed by atoms with Gasteiger partial charge in [0.2, 0.25) is 0 Å². The Morgan fingerprint density at radius 3 is 2.62 bits per heavy atom. The maximum Gasteiger partial charge on any atom is 0.410 e. The molecule has 11 heteroatoms. The molecule has 1 amide bonds. The summed E-state index contributed by atoms with van der Waals surface area (Å²) >= 11 is 5.69. The molecule has 3 aromatic rings. The van der Waals surface area contributed by atoms with Crippen LogP contribution in [-0.2, 0) is 4.74 Å². The highest BCUT2D eigenvalue weighted by molar-refractivity contribution is 6.31. The second-order valence-corrected chi connectivity index (χ2v) is 9.95. The number of fused-ring (bicyclic) bond motifs is 1. The van der Waals surface area contributed by atoms with Crippen LogP contribution in [0.25, 0.3) is 11.0 Å². The number of benzene rings is 1. The van der Waals surface area contributed by atoms with Gasteiger partial charge in [0.1, 0.15) is 34.1 Å². The Bertz CT molecular complexity index is 1290. The number of nitrogens with one attached hydrogen (secondary N) is 1. The number of pyridine rings is 1. The molecule has 8 nitrogen and oxygen atoms in total. The summed E-state index contributed by atoms with van der Waals surface area (Å²) in [6.45, 7) is 7.48. The number of aromatic nitrogens is 3. The maximum absolute atomic E-state index is 14.4. The SMILES string of the molecule is CC(C)(C)OC(=O)N1CCC12CN(c1ccc3ncnc(Nc4ccc(F)c(Cl)c4F)c3n1)C2. The van der Waals surface area contributed by atoms with Gasteiger partial charge in [-0.05, 0) is 51.5 Å². The highest BCUT2D eigenvalue weighted by Crippen LogP contribution is 2.42. The van der Waals surface area contributed by atoms with Gasteiger partial charge in [-0.15, -0.1) is 0 Å². The largest absolute Gasteiger partial charge is 0.444 e. The zero-order chi connectivity index (χ0) is 24.3. The van der Waals surface area contributed by atoms with Gasteiger partial charge in [0.05, 0.1) is 16.7 Å². The second-order valence-electron chi connectivity index (χ2n) is 9.57. The Hall–Kier alpha value is -3.27. The molecule has 1 spiro atoms. The van der Waals surface area contributed by atoms with E-state index in [0.717, 1.165) is 12.5 Å². The molecule has 0 saturated carbocycles. The highest BCUT2D eigenvalue weighted by Gasteiger charge is 2.56. The van der Waals surface area contributed by atoms with Crippen molar-refractivity contribution in [2.45, 2.75) is 38.3 Å². The van der Waals surface area contributed by atoms with Crippen molar-refractivity contribution in [3.8, 4) is 0 Å². The standard InChI is InChI=1S/C23H23ClF2N6O2/c1-22(2,3)34-21(33)32-9-8-23(32)10-31(11-23)16-7-6-15-19(30-16)20(28-12-27-15)29-14-5-4-13(25)17(24)18(14)26/h4-7,12H,8-11H2,1-3H3,(H,27,28,29). The predicted molar refractivity (Wildman–Crippen MR) is 124 cm³/mol. The number of nitrogens with zero attached hydrogens (tertiary/aromatic N) is 5. The molecule has 2 fully saturated rings. The minimum Gasteiger partial charge on any atom is -0.444 e. The van der Waals surface area contributed by atoms with Crippen molar-refractivity contribution in [3.63, 3.8) is 0 Å². The molecule has 0 aliphatic carbocycles. The first-order valence-corrected chi connectivity index (χ1v) is 11.2. The van der Waals surface area contributed by atoms with Gasteiger partial charge in [-0.2, -0.15) is 0 Å². The third kappa shape index (κ3) is 3.85. The quantitative estimate of drug-likeness (QED) is 0.525. The van der Waals surface area contributed by atoms with Gasteiger partial charge in [-0.1, -0.05) is 11.6 Å². The molecular weight excluding hydrogens is 466 g/mol. The van der Waals surface area contributed by atoms with E-state index >= 15 is 0 Å². The van der Waals surface area contributed by atoms with Crippen LogP contribution in [0.2, 0.25) is 5.02 Å². The van der Waals surface area contributed by atoms with Crippen LogP contribution < -0.4 is 10.2 Å².